The molecule has 14 nitrogen and oxygen atoms in total. The molecule has 0 saturated heterocycles. The van der Waals surface area contributed by atoms with E-state index in [9.17, 15) is 21.6 Å². The summed E-state index contributed by atoms with van der Waals surface area (Å²) in [6.07, 6.45) is 0. The van der Waals surface area contributed by atoms with Crippen molar-refractivity contribution < 1.29 is 35.5 Å². The zero-order valence-corrected chi connectivity index (χ0v) is 20.5. The quantitative estimate of drug-likeness (QED) is 0.129. The van der Waals surface area contributed by atoms with E-state index in [4.69, 9.17) is 43.5 Å². The predicted octanol–water partition coefficient (Wildman–Crippen LogP) is 0.833. The number of para-hydroxylation sites is 2. The molecule has 0 atom stereocenters. The van der Waals surface area contributed by atoms with E-state index in [1.807, 2.05) is 0 Å². The normalized spacial score (nSPS) is 10.8. The van der Waals surface area contributed by atoms with E-state index in [0.29, 0.717) is 11.3 Å². The van der Waals surface area contributed by atoms with Crippen molar-refractivity contribution in [3.63, 3.8) is 0 Å². The Balaban J connectivity index is 0.000000273. The molecule has 0 amide bonds. The lowest BCUT2D eigenvalue weighted by Gasteiger charge is -2.10. The second-order valence-corrected chi connectivity index (χ2v) is 9.55. The molecule has 0 spiro atoms. The Morgan fingerprint density at radius 3 is 1.56 bits per heavy atom. The fourth-order valence-electron chi connectivity index (χ4n) is 2.45. The fraction of sp³-hybridized carbons (Fsp3) is 0.0500. The summed E-state index contributed by atoms with van der Waals surface area (Å²) in [5.74, 6) is -0.400. The van der Waals surface area contributed by atoms with Gasteiger partial charge in [-0.15, -0.1) is 0 Å². The molecule has 0 aliphatic rings. The van der Waals surface area contributed by atoms with Crippen LogP contribution in [0.15, 0.2) is 64.4 Å². The number of methoxy groups -OCH3 is 1. The van der Waals surface area contributed by atoms with Gasteiger partial charge in [0.1, 0.15) is 9.79 Å². The van der Waals surface area contributed by atoms with Gasteiger partial charge in [0.05, 0.1) is 41.1 Å². The van der Waals surface area contributed by atoms with E-state index in [0.717, 1.165) is 6.07 Å². The van der Waals surface area contributed by atoms with Crippen LogP contribution in [0.4, 0.5) is 34.1 Å². The van der Waals surface area contributed by atoms with Gasteiger partial charge in [0.25, 0.3) is 20.2 Å². The first-order valence-electron chi connectivity index (χ1n) is 9.47. The topological polar surface area (TPSA) is 291 Å². The average Bonchev–Trinajstić information content (AvgIpc) is 2.79. The van der Waals surface area contributed by atoms with Crippen LogP contribution in [0.5, 0.6) is 0 Å². The molecule has 3 aromatic carbocycles. The maximum Gasteiger partial charge on any atom is 0.339 e. The van der Waals surface area contributed by atoms with E-state index in [1.54, 1.807) is 30.3 Å². The van der Waals surface area contributed by atoms with Crippen LogP contribution in [0.25, 0.3) is 0 Å². The molecule has 0 heterocycles. The Morgan fingerprint density at radius 2 is 1.14 bits per heavy atom. The van der Waals surface area contributed by atoms with Crippen molar-refractivity contribution in [2.75, 3.05) is 41.5 Å². The number of benzene rings is 3. The van der Waals surface area contributed by atoms with Crippen molar-refractivity contribution in [2.24, 2.45) is 0 Å². The maximum atomic E-state index is 10.9. The molecule has 3 aromatic rings. The maximum absolute atomic E-state index is 10.9. The standard InChI is InChI=1S/C8H9NO2.C6H10N4O3S.C6H7NO3S/c1-11-8(10)6-4-2-3-5-7(6)9;7-2-1-3(14(11,12)13)5(9)6(10)4(2)8;7-5-3-1-2-4-6(5)11(8,9)10/h2-5H,9H2,1H3;1H,7-10H2,(H,11,12,13);1-4H,7H2,(H,8,9,10). The predicted molar refractivity (Wildman–Crippen MR) is 137 cm³/mol. The van der Waals surface area contributed by atoms with Gasteiger partial charge in [-0.05, 0) is 30.3 Å². The number of rotatable bonds is 3. The van der Waals surface area contributed by atoms with Crippen molar-refractivity contribution in [3.8, 4) is 0 Å². The van der Waals surface area contributed by atoms with Crippen molar-refractivity contribution in [2.45, 2.75) is 9.79 Å². The number of nitrogens with two attached hydrogens (primary N) is 6. The lowest BCUT2D eigenvalue weighted by molar-refractivity contribution is 0.0602. The van der Waals surface area contributed by atoms with Crippen LogP contribution in [0.1, 0.15) is 10.4 Å². The highest BCUT2D eigenvalue weighted by molar-refractivity contribution is 7.86. The van der Waals surface area contributed by atoms with Gasteiger partial charge in [0.2, 0.25) is 0 Å². The van der Waals surface area contributed by atoms with Crippen molar-refractivity contribution in [3.05, 3.63) is 60.2 Å². The Labute approximate surface area is 207 Å². The first kappa shape index (κ1) is 29.8. The molecule has 0 fully saturated rings. The number of anilines is 6. The highest BCUT2D eigenvalue weighted by Crippen LogP contribution is 2.34. The molecule has 0 bridgehead atoms. The average molecular weight is 543 g/mol. The zero-order valence-electron chi connectivity index (χ0n) is 18.8. The first-order valence-corrected chi connectivity index (χ1v) is 12.4. The molecule has 0 aromatic heterocycles. The van der Waals surface area contributed by atoms with E-state index >= 15 is 0 Å². The number of carbonyl (C=O) groups is 1. The highest BCUT2D eigenvalue weighted by Gasteiger charge is 2.19. The summed E-state index contributed by atoms with van der Waals surface area (Å²) in [4.78, 5) is 10.1. The number of ether oxygens (including phenoxy) is 1. The van der Waals surface area contributed by atoms with Crippen LogP contribution in [0, 0.1) is 0 Å². The lowest BCUT2D eigenvalue weighted by Crippen LogP contribution is -2.10. The van der Waals surface area contributed by atoms with Gasteiger partial charge in [-0.2, -0.15) is 16.8 Å². The molecule has 36 heavy (non-hydrogen) atoms. The minimum atomic E-state index is -4.44. The minimum absolute atomic E-state index is 0.00472. The van der Waals surface area contributed by atoms with E-state index < -0.39 is 31.1 Å². The highest BCUT2D eigenvalue weighted by atomic mass is 32.2. The van der Waals surface area contributed by atoms with Crippen LogP contribution in [0.3, 0.4) is 0 Å². The SMILES string of the molecule is COC(=O)c1ccccc1N.Nc1cc(S(=O)(=O)O)c(N)c(N)c1N.Nc1ccccc1S(=O)(=O)O. The van der Waals surface area contributed by atoms with E-state index in [-0.39, 0.29) is 33.3 Å². The number of hydrogen-bond acceptors (Lipinski definition) is 12. The van der Waals surface area contributed by atoms with Gasteiger partial charge >= 0.3 is 5.97 Å². The monoisotopic (exact) mass is 542 g/mol. The minimum Gasteiger partial charge on any atom is -0.465 e. The van der Waals surface area contributed by atoms with Crippen LogP contribution in [-0.4, -0.2) is 39.0 Å². The van der Waals surface area contributed by atoms with Crippen molar-refractivity contribution >= 4 is 60.3 Å². The summed E-state index contributed by atoms with van der Waals surface area (Å²) >= 11 is 0. The number of carbonyl (C=O) groups excluding carboxylic acids is 1. The van der Waals surface area contributed by atoms with Crippen LogP contribution >= 0.6 is 0 Å². The third-order valence-corrected chi connectivity index (χ3v) is 6.11. The second-order valence-electron chi connectivity index (χ2n) is 6.77. The van der Waals surface area contributed by atoms with Gasteiger partial charge in [0, 0.05) is 5.69 Å². The zero-order chi connectivity index (χ0) is 27.8. The molecule has 16 heteroatoms. The summed E-state index contributed by atoms with van der Waals surface area (Å²) in [6, 6.07) is 13.5. The summed E-state index contributed by atoms with van der Waals surface area (Å²) in [5, 5.41) is 0. The number of hydrogen-bond donors (Lipinski definition) is 8. The molecule has 196 valence electrons. The molecule has 0 saturated carbocycles. The van der Waals surface area contributed by atoms with Crippen LogP contribution < -0.4 is 34.4 Å². The largest absolute Gasteiger partial charge is 0.465 e. The van der Waals surface area contributed by atoms with Crippen LogP contribution in [-0.2, 0) is 25.0 Å². The molecule has 0 aliphatic heterocycles. The molecule has 3 rings (SSSR count). The van der Waals surface area contributed by atoms with Gasteiger partial charge in [-0.1, -0.05) is 24.3 Å². The Morgan fingerprint density at radius 1 is 0.667 bits per heavy atom. The van der Waals surface area contributed by atoms with Gasteiger partial charge < -0.3 is 39.1 Å². The number of esters is 1. The summed E-state index contributed by atoms with van der Waals surface area (Å²) < 4.78 is 64.5. The lowest BCUT2D eigenvalue weighted by atomic mass is 10.2. The molecular weight excluding hydrogens is 516 g/mol. The third-order valence-electron chi connectivity index (χ3n) is 4.28. The van der Waals surface area contributed by atoms with E-state index in [1.165, 1.54) is 25.3 Å². The smallest absolute Gasteiger partial charge is 0.339 e. The second kappa shape index (κ2) is 11.9. The molecular formula is C20H26N6O8S2. The van der Waals surface area contributed by atoms with E-state index in [2.05, 4.69) is 4.74 Å². The molecule has 14 N–H and O–H groups in total. The molecule has 0 radical (unpaired) electrons. The van der Waals surface area contributed by atoms with Crippen molar-refractivity contribution in [1.82, 2.24) is 0 Å². The fourth-order valence-corrected chi connectivity index (χ4v) is 3.73. The Bertz CT molecular complexity index is 1460. The van der Waals surface area contributed by atoms with Crippen LogP contribution in [0.2, 0.25) is 0 Å². The first-order chi connectivity index (χ1) is 16.5. The number of nitrogen functional groups attached to an aromatic ring is 6. The Hall–Kier alpha value is -4.25. The third kappa shape index (κ3) is 7.91. The summed E-state index contributed by atoms with van der Waals surface area (Å²) in [6.45, 7) is 0. The van der Waals surface area contributed by atoms with Gasteiger partial charge in [-0.3, -0.25) is 9.11 Å². The summed E-state index contributed by atoms with van der Waals surface area (Å²) in [5.41, 5.74) is 32.6. The van der Waals surface area contributed by atoms with Crippen molar-refractivity contribution in [1.29, 1.82) is 0 Å². The Kier molecular flexibility index (Phi) is 9.87. The molecule has 0 unspecified atom stereocenters. The molecule has 0 aliphatic carbocycles. The summed E-state index contributed by atoms with van der Waals surface area (Å²) in [7, 11) is -7.27. The van der Waals surface area contributed by atoms with Gasteiger partial charge in [0.15, 0.2) is 0 Å². The van der Waals surface area contributed by atoms with Gasteiger partial charge in [-0.25, -0.2) is 4.79 Å².